The summed E-state index contributed by atoms with van der Waals surface area (Å²) >= 11 is 0. The van der Waals surface area contributed by atoms with Gasteiger partial charge in [-0.1, -0.05) is 90.1 Å². The smallest absolute Gasteiger partial charge is 0.191 e. The highest BCUT2D eigenvalue weighted by Gasteiger charge is 2.46. The van der Waals surface area contributed by atoms with Crippen LogP contribution in [0.15, 0.2) is 126 Å². The zero-order valence-electron chi connectivity index (χ0n) is 41.9. The predicted octanol–water partition coefficient (Wildman–Crippen LogP) is 13.3. The van der Waals surface area contributed by atoms with E-state index < -0.39 is 5.41 Å². The number of anilines is 2. The standard InChI is InChI=1S/C58H76N4O3/c1-53(2,3)60-33-31-55(7,8)47(38-60)50(63)29-23-41-19-18-20-42(35-41)24-30-51(64)48-39-61(34-32-56(48,9)10)57(11,12)36-44-37-62(54(4,5)6)40-49(58(44,13)14)52(65)43-25-27-46(28-26-43)59-45-21-16-15-17-22-45/h15-30,35,38-40,44,59H,31-34,36-37H2,1-14H3/b29-23+,30-24+. The molecular weight excluding hydrogens is 801 g/mol. The van der Waals surface area contributed by atoms with Crippen LogP contribution in [0.4, 0.5) is 11.4 Å². The third-order valence-electron chi connectivity index (χ3n) is 14.4. The van der Waals surface area contributed by atoms with Crippen LogP contribution in [0.25, 0.3) is 12.2 Å². The number of Topliss-reactive ketones (excluding diaryl/α,β-unsaturated/α-hetero) is 1. The Kier molecular flexibility index (Phi) is 13.9. The minimum Gasteiger partial charge on any atom is -0.372 e. The van der Waals surface area contributed by atoms with Crippen molar-refractivity contribution in [1.29, 1.82) is 0 Å². The zero-order chi connectivity index (χ0) is 47.8. The lowest BCUT2D eigenvalue weighted by molar-refractivity contribution is -0.113. The molecule has 346 valence electrons. The highest BCUT2D eigenvalue weighted by molar-refractivity contribution is 6.10. The Hall–Kier alpha value is -5.43. The van der Waals surface area contributed by atoms with Gasteiger partial charge in [0.05, 0.1) is 0 Å². The fourth-order valence-corrected chi connectivity index (χ4v) is 9.42. The van der Waals surface area contributed by atoms with Crippen molar-refractivity contribution in [3.63, 3.8) is 0 Å². The number of benzene rings is 3. The van der Waals surface area contributed by atoms with Gasteiger partial charge in [0.1, 0.15) is 0 Å². The van der Waals surface area contributed by atoms with Gasteiger partial charge in [-0.2, -0.15) is 0 Å². The highest BCUT2D eigenvalue weighted by Crippen LogP contribution is 2.48. The molecule has 1 N–H and O–H groups in total. The number of para-hydroxylation sites is 1. The Morgan fingerprint density at radius 1 is 0.600 bits per heavy atom. The van der Waals surface area contributed by atoms with E-state index in [0.717, 1.165) is 78.1 Å². The first-order valence-electron chi connectivity index (χ1n) is 23.7. The molecule has 0 saturated heterocycles. The van der Waals surface area contributed by atoms with E-state index in [-0.39, 0.29) is 50.7 Å². The quantitative estimate of drug-likeness (QED) is 0.135. The number of nitrogens with zero attached hydrogens (tertiary/aromatic N) is 3. The molecule has 3 heterocycles. The SMILES string of the molecule is CC1(C)CCN(C(C)(C)C)C=C1C(=O)/C=C/c1cccc(/C=C/C(=O)C2=CN(C(C)(C)CC3CN(C(C)(C)C)C=C(C(=O)c4ccc(Nc5ccccc5)cc4)C3(C)C)CCC2(C)C)c1. The van der Waals surface area contributed by atoms with Crippen LogP contribution in [0, 0.1) is 22.2 Å². The van der Waals surface area contributed by atoms with Crippen molar-refractivity contribution in [2.75, 3.05) is 25.0 Å². The van der Waals surface area contributed by atoms with E-state index in [4.69, 9.17) is 0 Å². The number of rotatable bonds is 13. The van der Waals surface area contributed by atoms with Gasteiger partial charge in [0.25, 0.3) is 0 Å². The molecule has 1 unspecified atom stereocenters. The average Bonchev–Trinajstić information content (AvgIpc) is 3.22. The topological polar surface area (TPSA) is 73.0 Å². The summed E-state index contributed by atoms with van der Waals surface area (Å²) in [6.07, 6.45) is 16.1. The molecule has 1 atom stereocenters. The van der Waals surface area contributed by atoms with E-state index in [2.05, 4.69) is 136 Å². The summed E-state index contributed by atoms with van der Waals surface area (Å²) in [5.41, 5.74) is 5.42. The van der Waals surface area contributed by atoms with Crippen LogP contribution in [0.1, 0.15) is 138 Å². The molecule has 0 amide bonds. The largest absolute Gasteiger partial charge is 0.372 e. The van der Waals surface area contributed by atoms with Crippen LogP contribution in [-0.4, -0.2) is 68.3 Å². The maximum atomic E-state index is 14.5. The lowest BCUT2D eigenvalue weighted by atomic mass is 9.64. The minimum atomic E-state index is -0.411. The van der Waals surface area contributed by atoms with Gasteiger partial charge in [-0.15, -0.1) is 0 Å². The van der Waals surface area contributed by atoms with E-state index >= 15 is 0 Å². The van der Waals surface area contributed by atoms with Crippen LogP contribution < -0.4 is 5.32 Å². The Bertz CT molecular complexity index is 2390. The number of carbonyl (C=O) groups is 3. The Morgan fingerprint density at radius 3 is 1.60 bits per heavy atom. The summed E-state index contributed by atoms with van der Waals surface area (Å²) in [7, 11) is 0. The van der Waals surface area contributed by atoms with Gasteiger partial charge in [-0.25, -0.2) is 0 Å². The molecule has 0 aliphatic carbocycles. The molecule has 0 spiro atoms. The van der Waals surface area contributed by atoms with Crippen molar-refractivity contribution in [2.24, 2.45) is 22.2 Å². The fraction of sp³-hybridized carbons (Fsp3) is 0.466. The number of nitrogens with one attached hydrogen (secondary N) is 1. The second-order valence-corrected chi connectivity index (χ2v) is 23.2. The van der Waals surface area contributed by atoms with E-state index in [1.54, 1.807) is 12.2 Å². The van der Waals surface area contributed by atoms with Crippen LogP contribution in [0.5, 0.6) is 0 Å². The van der Waals surface area contributed by atoms with Crippen LogP contribution in [0.3, 0.4) is 0 Å². The summed E-state index contributed by atoms with van der Waals surface area (Å²) in [6.45, 7) is 33.4. The third-order valence-corrected chi connectivity index (χ3v) is 14.4. The van der Waals surface area contributed by atoms with Crippen LogP contribution >= 0.6 is 0 Å². The molecule has 7 heteroatoms. The number of hydrogen-bond acceptors (Lipinski definition) is 7. The van der Waals surface area contributed by atoms with Crippen molar-refractivity contribution in [3.8, 4) is 0 Å². The maximum Gasteiger partial charge on any atom is 0.191 e. The molecule has 6 rings (SSSR count). The van der Waals surface area contributed by atoms with Gasteiger partial charge in [-0.3, -0.25) is 14.4 Å². The number of carbonyl (C=O) groups excluding carboxylic acids is 3. The first kappa shape index (κ1) is 49.0. The van der Waals surface area contributed by atoms with Gasteiger partial charge in [-0.05, 0) is 163 Å². The monoisotopic (exact) mass is 877 g/mol. The van der Waals surface area contributed by atoms with Gasteiger partial charge in [0.15, 0.2) is 17.3 Å². The first-order chi connectivity index (χ1) is 30.2. The molecule has 0 saturated carbocycles. The van der Waals surface area contributed by atoms with Gasteiger partial charge >= 0.3 is 0 Å². The molecule has 3 aliphatic rings. The van der Waals surface area contributed by atoms with Crippen molar-refractivity contribution >= 4 is 40.9 Å². The molecule has 3 aromatic carbocycles. The van der Waals surface area contributed by atoms with Gasteiger partial charge < -0.3 is 20.0 Å². The predicted molar refractivity (Wildman–Crippen MR) is 272 cm³/mol. The third kappa shape index (κ3) is 11.5. The van der Waals surface area contributed by atoms with E-state index in [0.29, 0.717) is 5.56 Å². The molecule has 3 aromatic rings. The van der Waals surface area contributed by atoms with Crippen molar-refractivity contribution in [3.05, 3.63) is 143 Å². The molecule has 0 radical (unpaired) electrons. The normalized spacial score (nSPS) is 20.1. The Labute approximate surface area is 391 Å². The molecule has 3 aliphatic heterocycles. The molecule has 0 fully saturated rings. The maximum absolute atomic E-state index is 14.5. The summed E-state index contributed by atoms with van der Waals surface area (Å²) in [5, 5.41) is 3.43. The van der Waals surface area contributed by atoms with Gasteiger partial charge in [0, 0.05) is 88.5 Å². The number of allylic oxidation sites excluding steroid dienone is 5. The van der Waals surface area contributed by atoms with Crippen molar-refractivity contribution in [1.82, 2.24) is 14.7 Å². The molecule has 7 nitrogen and oxygen atoms in total. The van der Waals surface area contributed by atoms with E-state index in [1.165, 1.54) is 0 Å². The fourth-order valence-electron chi connectivity index (χ4n) is 9.42. The van der Waals surface area contributed by atoms with Crippen LogP contribution in [0.2, 0.25) is 0 Å². The van der Waals surface area contributed by atoms with Crippen molar-refractivity contribution < 1.29 is 14.4 Å². The molecule has 0 bridgehead atoms. The van der Waals surface area contributed by atoms with Crippen molar-refractivity contribution in [2.45, 2.75) is 133 Å². The Balaban J connectivity index is 1.18. The number of ketones is 3. The number of hydrogen-bond donors (Lipinski definition) is 1. The van der Waals surface area contributed by atoms with Crippen LogP contribution in [-0.2, 0) is 9.59 Å². The zero-order valence-corrected chi connectivity index (χ0v) is 41.9. The molecule has 0 aromatic heterocycles. The first-order valence-corrected chi connectivity index (χ1v) is 23.7. The summed E-state index contributed by atoms with van der Waals surface area (Å²) < 4.78 is 0. The Morgan fingerprint density at radius 2 is 1.08 bits per heavy atom. The second-order valence-electron chi connectivity index (χ2n) is 23.2. The van der Waals surface area contributed by atoms with E-state index in [9.17, 15) is 14.4 Å². The minimum absolute atomic E-state index is 0.000741. The highest BCUT2D eigenvalue weighted by atomic mass is 16.1. The summed E-state index contributed by atoms with van der Waals surface area (Å²) in [6, 6.07) is 25.8. The summed E-state index contributed by atoms with van der Waals surface area (Å²) in [5.74, 6) is 0.240. The average molecular weight is 877 g/mol. The molecular formula is C58H76N4O3. The second kappa shape index (κ2) is 18.5. The van der Waals surface area contributed by atoms with E-state index in [1.807, 2.05) is 91.0 Å². The lowest BCUT2D eigenvalue weighted by Gasteiger charge is -2.52. The lowest BCUT2D eigenvalue weighted by Crippen LogP contribution is -2.53. The molecule has 65 heavy (non-hydrogen) atoms. The summed E-state index contributed by atoms with van der Waals surface area (Å²) in [4.78, 5) is 49.3. The van der Waals surface area contributed by atoms with Gasteiger partial charge in [0.2, 0.25) is 0 Å².